The van der Waals surface area contributed by atoms with Crippen LogP contribution >= 0.6 is 11.6 Å². The van der Waals surface area contributed by atoms with E-state index in [1.54, 1.807) is 15.3 Å². The zero-order chi connectivity index (χ0) is 12.7. The molecule has 1 aliphatic rings. The maximum atomic E-state index is 12.4. The second-order valence-corrected chi connectivity index (χ2v) is 4.60. The molecule has 0 unspecified atom stereocenters. The molecular weight excluding hydrogens is 256 g/mol. The standard InChI is InChI=1S/C11H13ClN4O2/c1-2-15-8-5-13-10(12)14-9(8)16(11(15)17)7-3-4-18-6-7/h5,7H,2-4,6H2,1H3/t7-/m0/s1. The Balaban J connectivity index is 2.31. The summed E-state index contributed by atoms with van der Waals surface area (Å²) in [6.45, 7) is 3.73. The third kappa shape index (κ3) is 1.64. The first-order valence-corrected chi connectivity index (χ1v) is 6.31. The summed E-state index contributed by atoms with van der Waals surface area (Å²) in [5.74, 6) is 0. The Bertz CT molecular complexity index is 642. The minimum Gasteiger partial charge on any atom is -0.379 e. The summed E-state index contributed by atoms with van der Waals surface area (Å²) in [5.41, 5.74) is 1.25. The maximum Gasteiger partial charge on any atom is 0.330 e. The van der Waals surface area contributed by atoms with Crippen LogP contribution in [0.25, 0.3) is 11.2 Å². The largest absolute Gasteiger partial charge is 0.379 e. The van der Waals surface area contributed by atoms with E-state index in [0.29, 0.717) is 25.4 Å². The van der Waals surface area contributed by atoms with Crippen LogP contribution in [0.15, 0.2) is 11.0 Å². The van der Waals surface area contributed by atoms with Gasteiger partial charge in [-0.1, -0.05) is 0 Å². The molecule has 0 aromatic carbocycles. The highest BCUT2D eigenvalue weighted by molar-refractivity contribution is 6.28. The van der Waals surface area contributed by atoms with Crippen molar-refractivity contribution in [2.24, 2.45) is 0 Å². The monoisotopic (exact) mass is 268 g/mol. The van der Waals surface area contributed by atoms with E-state index in [9.17, 15) is 4.79 Å². The molecule has 1 fully saturated rings. The molecule has 0 aliphatic carbocycles. The van der Waals surface area contributed by atoms with Crippen molar-refractivity contribution in [3.63, 3.8) is 0 Å². The summed E-state index contributed by atoms with van der Waals surface area (Å²) in [6.07, 6.45) is 2.42. The molecule has 1 saturated heterocycles. The highest BCUT2D eigenvalue weighted by Crippen LogP contribution is 2.22. The smallest absolute Gasteiger partial charge is 0.330 e. The average molecular weight is 269 g/mol. The second kappa shape index (κ2) is 4.37. The van der Waals surface area contributed by atoms with Crippen LogP contribution in [0, 0.1) is 0 Å². The summed E-state index contributed by atoms with van der Waals surface area (Å²) in [4.78, 5) is 20.5. The Hall–Kier alpha value is -1.40. The molecule has 1 atom stereocenters. The van der Waals surface area contributed by atoms with Gasteiger partial charge in [0.15, 0.2) is 5.65 Å². The van der Waals surface area contributed by atoms with Crippen molar-refractivity contribution >= 4 is 22.8 Å². The molecule has 6 nitrogen and oxygen atoms in total. The van der Waals surface area contributed by atoms with Gasteiger partial charge < -0.3 is 4.74 Å². The van der Waals surface area contributed by atoms with Crippen LogP contribution in [0.5, 0.6) is 0 Å². The van der Waals surface area contributed by atoms with Gasteiger partial charge in [0.2, 0.25) is 5.28 Å². The Labute approximate surface area is 108 Å². The normalized spacial score (nSPS) is 19.8. The van der Waals surface area contributed by atoms with Gasteiger partial charge in [-0.15, -0.1) is 0 Å². The van der Waals surface area contributed by atoms with Crippen molar-refractivity contribution in [2.45, 2.75) is 25.9 Å². The number of aromatic nitrogens is 4. The fourth-order valence-electron chi connectivity index (χ4n) is 2.40. The summed E-state index contributed by atoms with van der Waals surface area (Å²) in [7, 11) is 0. The van der Waals surface area contributed by atoms with E-state index in [2.05, 4.69) is 9.97 Å². The van der Waals surface area contributed by atoms with Gasteiger partial charge in [-0.3, -0.25) is 9.13 Å². The lowest BCUT2D eigenvalue weighted by Crippen LogP contribution is -2.27. The molecule has 0 spiro atoms. The minimum atomic E-state index is -0.0698. The molecule has 0 radical (unpaired) electrons. The van der Waals surface area contributed by atoms with Crippen molar-refractivity contribution in [1.29, 1.82) is 0 Å². The SMILES string of the molecule is CCn1c(=O)n([C@H]2CCOC2)c2nc(Cl)ncc21. The van der Waals surface area contributed by atoms with Gasteiger partial charge in [-0.25, -0.2) is 9.78 Å². The van der Waals surface area contributed by atoms with Crippen molar-refractivity contribution < 1.29 is 4.74 Å². The lowest BCUT2D eigenvalue weighted by Gasteiger charge is -2.08. The molecule has 2 aromatic rings. The fourth-order valence-corrected chi connectivity index (χ4v) is 2.53. The zero-order valence-corrected chi connectivity index (χ0v) is 10.7. The Kier molecular flexibility index (Phi) is 2.83. The van der Waals surface area contributed by atoms with E-state index in [1.165, 1.54) is 0 Å². The predicted molar refractivity (Wildman–Crippen MR) is 66.9 cm³/mol. The number of hydrogen-bond donors (Lipinski definition) is 0. The average Bonchev–Trinajstić information content (AvgIpc) is 2.94. The van der Waals surface area contributed by atoms with E-state index >= 15 is 0 Å². The molecule has 18 heavy (non-hydrogen) atoms. The molecule has 0 amide bonds. The van der Waals surface area contributed by atoms with Gasteiger partial charge in [-0.2, -0.15) is 4.98 Å². The summed E-state index contributed by atoms with van der Waals surface area (Å²) >= 11 is 5.82. The molecule has 3 heterocycles. The van der Waals surface area contributed by atoms with E-state index in [-0.39, 0.29) is 17.0 Å². The van der Waals surface area contributed by atoms with Crippen LogP contribution < -0.4 is 5.69 Å². The number of ether oxygens (including phenoxy) is 1. The molecule has 7 heteroatoms. The molecule has 96 valence electrons. The van der Waals surface area contributed by atoms with Gasteiger partial charge in [0.25, 0.3) is 0 Å². The fraction of sp³-hybridized carbons (Fsp3) is 0.545. The summed E-state index contributed by atoms with van der Waals surface area (Å²) in [5, 5.41) is 0.156. The second-order valence-electron chi connectivity index (χ2n) is 4.26. The van der Waals surface area contributed by atoms with Crippen molar-refractivity contribution in [3.05, 3.63) is 22.0 Å². The summed E-state index contributed by atoms with van der Waals surface area (Å²) < 4.78 is 8.68. The third-order valence-corrected chi connectivity index (χ3v) is 3.45. The molecular formula is C11H13ClN4O2. The highest BCUT2D eigenvalue weighted by atomic mass is 35.5. The van der Waals surface area contributed by atoms with Crippen molar-refractivity contribution in [3.8, 4) is 0 Å². The van der Waals surface area contributed by atoms with Crippen LogP contribution in [-0.4, -0.2) is 32.3 Å². The topological polar surface area (TPSA) is 61.9 Å². The zero-order valence-electron chi connectivity index (χ0n) is 9.97. The van der Waals surface area contributed by atoms with Crippen molar-refractivity contribution in [1.82, 2.24) is 19.1 Å². The number of hydrogen-bond acceptors (Lipinski definition) is 4. The maximum absolute atomic E-state index is 12.4. The number of rotatable bonds is 2. The molecule has 2 aromatic heterocycles. The van der Waals surface area contributed by atoms with Crippen LogP contribution in [0.2, 0.25) is 5.28 Å². The van der Waals surface area contributed by atoms with Crippen LogP contribution in [0.4, 0.5) is 0 Å². The van der Waals surface area contributed by atoms with Crippen LogP contribution in [0.1, 0.15) is 19.4 Å². The number of aryl methyl sites for hydroxylation is 1. The lowest BCUT2D eigenvalue weighted by atomic mass is 10.2. The van der Waals surface area contributed by atoms with Crippen LogP contribution in [-0.2, 0) is 11.3 Å². The molecule has 0 bridgehead atoms. The predicted octanol–water partition coefficient (Wildman–Crippen LogP) is 1.23. The van der Waals surface area contributed by atoms with E-state index < -0.39 is 0 Å². The van der Waals surface area contributed by atoms with E-state index in [1.807, 2.05) is 6.92 Å². The van der Waals surface area contributed by atoms with E-state index in [0.717, 1.165) is 11.9 Å². The molecule has 3 rings (SSSR count). The Morgan fingerprint density at radius 3 is 3.11 bits per heavy atom. The first-order valence-electron chi connectivity index (χ1n) is 5.93. The number of imidazole rings is 1. The molecule has 0 N–H and O–H groups in total. The lowest BCUT2D eigenvalue weighted by molar-refractivity contribution is 0.186. The van der Waals surface area contributed by atoms with Crippen LogP contribution in [0.3, 0.4) is 0 Å². The first kappa shape index (κ1) is 11.7. The van der Waals surface area contributed by atoms with Gasteiger partial charge in [0.05, 0.1) is 18.8 Å². The van der Waals surface area contributed by atoms with E-state index in [4.69, 9.17) is 16.3 Å². The number of fused-ring (bicyclic) bond motifs is 1. The number of halogens is 1. The Morgan fingerprint density at radius 1 is 1.61 bits per heavy atom. The van der Waals surface area contributed by atoms with Gasteiger partial charge in [0.1, 0.15) is 5.52 Å². The quantitative estimate of drug-likeness (QED) is 0.769. The highest BCUT2D eigenvalue weighted by Gasteiger charge is 2.24. The third-order valence-electron chi connectivity index (χ3n) is 3.26. The minimum absolute atomic E-state index is 0.0405. The van der Waals surface area contributed by atoms with Gasteiger partial charge in [-0.05, 0) is 24.9 Å². The van der Waals surface area contributed by atoms with Crippen molar-refractivity contribution in [2.75, 3.05) is 13.2 Å². The summed E-state index contributed by atoms with van der Waals surface area (Å²) in [6, 6.07) is 0.0405. The number of nitrogens with zero attached hydrogens (tertiary/aromatic N) is 4. The van der Waals surface area contributed by atoms with Gasteiger partial charge >= 0.3 is 5.69 Å². The first-order chi connectivity index (χ1) is 8.72. The molecule has 0 saturated carbocycles. The molecule has 1 aliphatic heterocycles. The van der Waals surface area contributed by atoms with Gasteiger partial charge in [0, 0.05) is 13.2 Å². The Morgan fingerprint density at radius 2 is 2.44 bits per heavy atom.